The Bertz CT molecular complexity index is 3310. The van der Waals surface area contributed by atoms with Gasteiger partial charge in [-0.2, -0.15) is 30.6 Å². The molecule has 0 radical (unpaired) electrons. The number of amides is 4. The summed E-state index contributed by atoms with van der Waals surface area (Å²) < 4.78 is 146. The molecule has 27 heteroatoms. The van der Waals surface area contributed by atoms with Gasteiger partial charge < -0.3 is 34.6 Å². The number of rotatable bonds is 22. The van der Waals surface area contributed by atoms with E-state index in [0.29, 0.717) is 44.4 Å². The first-order valence-corrected chi connectivity index (χ1v) is 28.8. The van der Waals surface area contributed by atoms with Gasteiger partial charge in [0, 0.05) is 67.2 Å². The Hall–Kier alpha value is -6.68. The number of nitrogens with one attached hydrogen (secondary N) is 1. The maximum Gasteiger partial charge on any atom is 0.416 e. The van der Waals surface area contributed by atoms with Gasteiger partial charge in [0.1, 0.15) is 23.0 Å². The maximum atomic E-state index is 13.6. The van der Waals surface area contributed by atoms with Crippen LogP contribution in [0.3, 0.4) is 0 Å². The third-order valence-electron chi connectivity index (χ3n) is 12.7. The van der Waals surface area contributed by atoms with Crippen LogP contribution in [-0.4, -0.2) is 135 Å². The largest absolute Gasteiger partial charge is 0.457 e. The van der Waals surface area contributed by atoms with Gasteiger partial charge in [0.25, 0.3) is 0 Å². The molecule has 434 valence electrons. The predicted octanol–water partition coefficient (Wildman–Crippen LogP) is 9.80. The molecule has 0 bridgehead atoms. The summed E-state index contributed by atoms with van der Waals surface area (Å²) in [6, 6.07) is 32.8. The van der Waals surface area contributed by atoms with Crippen LogP contribution in [0.4, 0.5) is 47.3 Å². The van der Waals surface area contributed by atoms with Crippen LogP contribution < -0.4 is 24.0 Å². The quantitative estimate of drug-likeness (QED) is 0.0470. The molecule has 2 saturated heterocycles. The number of aliphatic hydroxyl groups is 3. The fraction of sp³-hybridized carbons (Fsp3) is 0.296. The molecular formula is C54H54Cl2F6N6O11S2. The topological polar surface area (TPSA) is 210 Å². The van der Waals surface area contributed by atoms with Crippen LogP contribution in [-0.2, 0) is 32.4 Å². The number of carbonyl (C=O) groups is 2. The van der Waals surface area contributed by atoms with Gasteiger partial charge in [-0.1, -0.05) is 47.5 Å². The number of benzene rings is 6. The van der Waals surface area contributed by atoms with Crippen LogP contribution in [0, 0.1) is 0 Å². The summed E-state index contributed by atoms with van der Waals surface area (Å²) in [5.74, 6) is 1.02. The normalized spacial score (nSPS) is 16.0. The zero-order chi connectivity index (χ0) is 58.7. The molecule has 0 spiro atoms. The zero-order valence-electron chi connectivity index (χ0n) is 42.7. The highest BCUT2D eigenvalue weighted by molar-refractivity contribution is 7.89. The lowest BCUT2D eigenvalue weighted by Crippen LogP contribution is -2.41. The van der Waals surface area contributed by atoms with Crippen LogP contribution in [0.25, 0.3) is 0 Å². The second-order valence-electron chi connectivity index (χ2n) is 18.2. The number of urea groups is 2. The molecule has 2 atom stereocenters. The molecule has 0 saturated carbocycles. The Morgan fingerprint density at radius 2 is 0.914 bits per heavy atom. The number of nitrogens with zero attached hydrogens (tertiary/aromatic N) is 5. The fourth-order valence-corrected chi connectivity index (χ4v) is 11.4. The molecular weight excluding hydrogens is 1160 g/mol. The van der Waals surface area contributed by atoms with E-state index in [9.17, 15) is 63.0 Å². The number of sulfonamides is 2. The van der Waals surface area contributed by atoms with E-state index in [-0.39, 0.29) is 63.5 Å². The van der Waals surface area contributed by atoms with E-state index in [4.69, 9.17) is 37.8 Å². The monoisotopic (exact) mass is 1210 g/mol. The van der Waals surface area contributed by atoms with Gasteiger partial charge in [-0.25, -0.2) is 31.1 Å². The average molecular weight is 1210 g/mol. The Kier molecular flexibility index (Phi) is 20.6. The van der Waals surface area contributed by atoms with Crippen molar-refractivity contribution in [3.8, 4) is 23.0 Å². The van der Waals surface area contributed by atoms with Crippen molar-refractivity contribution >= 4 is 66.7 Å². The summed E-state index contributed by atoms with van der Waals surface area (Å²) in [6.45, 7) is -2.44. The van der Waals surface area contributed by atoms with Crippen LogP contribution in [0.15, 0.2) is 146 Å². The molecule has 81 heavy (non-hydrogen) atoms. The van der Waals surface area contributed by atoms with E-state index in [1.54, 1.807) is 97.1 Å². The standard InChI is InChI=1S/C28H29ClF3N3O6S.C26H25ClF3N3O5S/c29-22-4-8-24(9-5-22)41-25-10-6-23(7-11-25)35-26(20-2-1-3-21(18-20)28(30,31)32)19-33(27(35)38)14-17-42(39,40)34(12-15-36)13-16-37;27-20-4-8-22(9-5-20)38-23-10-6-21(7-11-23)33-24(18-2-1-3-19(16-18)26(28,29)30)17-32(25(33)35)13-15-39(36,37)31-12-14-34/h1-11,18,26,36-37H,12-17,19H2;1-11,16,24,31,34H,12-15,17H2/t26-;24-/m11/s1. The molecule has 6 aromatic rings. The molecule has 2 heterocycles. The highest BCUT2D eigenvalue weighted by atomic mass is 35.5. The molecule has 6 aromatic carbocycles. The predicted molar refractivity (Wildman–Crippen MR) is 292 cm³/mol. The number of hydrogen-bond donors (Lipinski definition) is 4. The summed E-state index contributed by atoms with van der Waals surface area (Å²) in [4.78, 5) is 32.3. The van der Waals surface area contributed by atoms with Gasteiger partial charge in [-0.3, -0.25) is 9.80 Å². The Labute approximate surface area is 473 Å². The lowest BCUT2D eigenvalue weighted by Gasteiger charge is -2.24. The zero-order valence-corrected chi connectivity index (χ0v) is 45.8. The van der Waals surface area contributed by atoms with E-state index in [0.717, 1.165) is 28.6 Å². The lowest BCUT2D eigenvalue weighted by molar-refractivity contribution is -0.138. The first kappa shape index (κ1) is 61.9. The molecule has 17 nitrogen and oxygen atoms in total. The lowest BCUT2D eigenvalue weighted by atomic mass is 10.0. The number of aliphatic hydroxyl groups excluding tert-OH is 3. The van der Waals surface area contributed by atoms with Crippen molar-refractivity contribution in [3.05, 3.63) is 178 Å². The summed E-state index contributed by atoms with van der Waals surface area (Å²) in [6.07, 6.45) is -9.17. The number of halogens is 8. The molecule has 2 aliphatic rings. The van der Waals surface area contributed by atoms with Crippen molar-refractivity contribution in [3.63, 3.8) is 0 Å². The Morgan fingerprint density at radius 3 is 1.27 bits per heavy atom. The van der Waals surface area contributed by atoms with Gasteiger partial charge >= 0.3 is 24.4 Å². The highest BCUT2D eigenvalue weighted by Gasteiger charge is 2.43. The van der Waals surface area contributed by atoms with Gasteiger partial charge in [-0.15, -0.1) is 0 Å². The van der Waals surface area contributed by atoms with Crippen molar-refractivity contribution in [2.75, 3.05) is 86.9 Å². The second-order valence-corrected chi connectivity index (χ2v) is 23.1. The number of ether oxygens (including phenoxy) is 2. The van der Waals surface area contributed by atoms with Crippen LogP contribution in [0.1, 0.15) is 34.3 Å². The van der Waals surface area contributed by atoms with Gasteiger partial charge in [-0.05, 0) is 132 Å². The van der Waals surface area contributed by atoms with Crippen LogP contribution >= 0.6 is 23.2 Å². The van der Waals surface area contributed by atoms with Crippen molar-refractivity contribution in [2.24, 2.45) is 0 Å². The molecule has 0 unspecified atom stereocenters. The van der Waals surface area contributed by atoms with Crippen LogP contribution in [0.2, 0.25) is 10.0 Å². The van der Waals surface area contributed by atoms with Crippen molar-refractivity contribution in [1.82, 2.24) is 18.8 Å². The summed E-state index contributed by atoms with van der Waals surface area (Å²) in [7, 11) is -7.74. The van der Waals surface area contributed by atoms with E-state index >= 15 is 0 Å². The van der Waals surface area contributed by atoms with E-state index in [1.165, 1.54) is 43.9 Å². The molecule has 8 rings (SSSR count). The third-order valence-corrected chi connectivity index (χ3v) is 16.4. The summed E-state index contributed by atoms with van der Waals surface area (Å²) >= 11 is 11.8. The van der Waals surface area contributed by atoms with Gasteiger partial charge in [0.2, 0.25) is 20.0 Å². The van der Waals surface area contributed by atoms with Gasteiger partial charge in [0.05, 0.1) is 54.5 Å². The second kappa shape index (κ2) is 26.9. The fourth-order valence-electron chi connectivity index (χ4n) is 8.71. The molecule has 2 fully saturated rings. The molecule has 2 aliphatic heterocycles. The number of alkyl halides is 6. The third kappa shape index (κ3) is 16.5. The number of hydrogen-bond acceptors (Lipinski definition) is 11. The van der Waals surface area contributed by atoms with Crippen molar-refractivity contribution in [1.29, 1.82) is 0 Å². The maximum absolute atomic E-state index is 13.6. The molecule has 4 N–H and O–H groups in total. The van der Waals surface area contributed by atoms with Crippen LogP contribution in [0.5, 0.6) is 23.0 Å². The minimum atomic E-state index is -4.60. The molecule has 0 aromatic heterocycles. The van der Waals surface area contributed by atoms with Crippen molar-refractivity contribution < 1.29 is 77.6 Å². The average Bonchev–Trinajstić information content (AvgIpc) is 3.95. The minimum absolute atomic E-state index is 0.0291. The highest BCUT2D eigenvalue weighted by Crippen LogP contribution is 2.41. The number of anilines is 2. The van der Waals surface area contributed by atoms with Gasteiger partial charge in [0.15, 0.2) is 0 Å². The SMILES string of the molecule is O=C1N(CCS(=O)(=O)N(CCO)CCO)C[C@H](c2cccc(C(F)(F)F)c2)N1c1ccc(Oc2ccc(Cl)cc2)cc1.O=C1N(CCS(=O)(=O)NCCO)C[C@H](c2cccc(C(F)(F)F)c2)N1c1ccc(Oc2ccc(Cl)cc2)cc1. The van der Waals surface area contributed by atoms with Crippen molar-refractivity contribution in [2.45, 2.75) is 24.4 Å². The first-order valence-electron chi connectivity index (χ1n) is 24.7. The minimum Gasteiger partial charge on any atom is -0.457 e. The van der Waals surface area contributed by atoms with E-state index < -0.39 is 92.4 Å². The first-order chi connectivity index (χ1) is 38.4. The van der Waals surface area contributed by atoms with E-state index in [2.05, 4.69) is 4.72 Å². The Morgan fingerprint density at radius 1 is 0.543 bits per heavy atom. The summed E-state index contributed by atoms with van der Waals surface area (Å²) in [5, 5.41) is 28.4. The molecule has 4 amide bonds. The molecule has 0 aliphatic carbocycles. The smallest absolute Gasteiger partial charge is 0.416 e. The number of carbonyl (C=O) groups excluding carboxylic acids is 2. The summed E-state index contributed by atoms with van der Waals surface area (Å²) in [5.41, 5.74) is -0.471. The Balaban J connectivity index is 0.000000234. The van der Waals surface area contributed by atoms with E-state index in [1.807, 2.05) is 0 Å².